The van der Waals surface area contributed by atoms with Gasteiger partial charge in [-0.1, -0.05) is 26.7 Å². The van der Waals surface area contributed by atoms with Gasteiger partial charge in [0, 0.05) is 12.1 Å². The van der Waals surface area contributed by atoms with Crippen LogP contribution in [0.2, 0.25) is 0 Å². The number of carbonyl (C=O) groups excluding carboxylic acids is 2. The Morgan fingerprint density at radius 1 is 0.864 bits per heavy atom. The smallest absolute Gasteiger partial charge is 0.434 e. The lowest BCUT2D eigenvalue weighted by Gasteiger charge is -2.05. The normalized spacial score (nSPS) is 9.91. The highest BCUT2D eigenvalue weighted by atomic mass is 16.7. The Kier molecular flexibility index (Phi) is 8.32. The Bertz CT molecular complexity index is 420. The maximum Gasteiger partial charge on any atom is 0.515 e. The first-order valence-corrected chi connectivity index (χ1v) is 7.18. The van der Waals surface area contributed by atoms with Crippen LogP contribution in [0, 0.1) is 0 Å². The van der Waals surface area contributed by atoms with E-state index in [-0.39, 0.29) is 25.0 Å². The van der Waals surface area contributed by atoms with E-state index in [1.54, 1.807) is 0 Å². The molecule has 1 aromatic rings. The number of nitrogens with zero attached hydrogens (tertiary/aromatic N) is 2. The van der Waals surface area contributed by atoms with Gasteiger partial charge in [0.2, 0.25) is 11.8 Å². The van der Waals surface area contributed by atoms with Crippen LogP contribution in [-0.4, -0.2) is 35.7 Å². The number of hydrogen-bond acceptors (Lipinski definition) is 8. The van der Waals surface area contributed by atoms with E-state index in [0.29, 0.717) is 0 Å². The van der Waals surface area contributed by atoms with Crippen molar-refractivity contribution in [3.8, 4) is 11.8 Å². The highest BCUT2D eigenvalue weighted by Crippen LogP contribution is 2.11. The fourth-order valence-electron chi connectivity index (χ4n) is 1.25. The molecule has 0 fully saturated rings. The molecule has 0 N–H and O–H groups in total. The van der Waals surface area contributed by atoms with Crippen molar-refractivity contribution in [1.29, 1.82) is 0 Å². The van der Waals surface area contributed by atoms with Crippen LogP contribution in [-0.2, 0) is 9.47 Å². The van der Waals surface area contributed by atoms with E-state index >= 15 is 0 Å². The van der Waals surface area contributed by atoms with E-state index in [1.807, 2.05) is 13.8 Å². The van der Waals surface area contributed by atoms with E-state index in [2.05, 4.69) is 10.2 Å². The molecule has 1 heterocycles. The third-order valence-electron chi connectivity index (χ3n) is 2.43. The largest absolute Gasteiger partial charge is 0.515 e. The highest BCUT2D eigenvalue weighted by Gasteiger charge is 2.10. The summed E-state index contributed by atoms with van der Waals surface area (Å²) in [6.45, 7) is 4.53. The summed E-state index contributed by atoms with van der Waals surface area (Å²) in [5, 5.41) is 7.18. The standard InChI is InChI=1S/C14H20N2O6/c1-3-5-9-19-13(17)21-11-7-8-12(16-15-11)22-14(18)20-10-6-4-2/h7-8H,3-6,9-10H2,1-2H3. The first kappa shape index (κ1) is 17.7. The summed E-state index contributed by atoms with van der Waals surface area (Å²) in [6.07, 6.45) is 1.63. The van der Waals surface area contributed by atoms with Crippen molar-refractivity contribution in [2.24, 2.45) is 0 Å². The molecule has 0 spiro atoms. The summed E-state index contributed by atoms with van der Waals surface area (Å²) in [5.74, 6) is -0.0959. The van der Waals surface area contributed by atoms with Crippen LogP contribution in [0.25, 0.3) is 0 Å². The zero-order valence-corrected chi connectivity index (χ0v) is 12.7. The Hall–Kier alpha value is -2.38. The molecule has 1 rings (SSSR count). The Morgan fingerprint density at radius 2 is 1.27 bits per heavy atom. The number of ether oxygens (including phenoxy) is 4. The first-order chi connectivity index (χ1) is 10.7. The molecule has 0 saturated heterocycles. The van der Waals surface area contributed by atoms with Gasteiger partial charge in [0.15, 0.2) is 0 Å². The summed E-state index contributed by atoms with van der Waals surface area (Å²) in [6, 6.07) is 2.67. The van der Waals surface area contributed by atoms with Crippen LogP contribution in [0.15, 0.2) is 12.1 Å². The summed E-state index contributed by atoms with van der Waals surface area (Å²) >= 11 is 0. The third kappa shape index (κ3) is 7.41. The van der Waals surface area contributed by atoms with Crippen molar-refractivity contribution < 1.29 is 28.5 Å². The molecule has 0 unspecified atom stereocenters. The van der Waals surface area contributed by atoms with Gasteiger partial charge >= 0.3 is 12.3 Å². The minimum Gasteiger partial charge on any atom is -0.434 e. The predicted octanol–water partition coefficient (Wildman–Crippen LogP) is 3.11. The molecule has 0 aliphatic heterocycles. The van der Waals surface area contributed by atoms with E-state index < -0.39 is 12.3 Å². The highest BCUT2D eigenvalue weighted by molar-refractivity contribution is 5.63. The van der Waals surface area contributed by atoms with Crippen LogP contribution in [0.3, 0.4) is 0 Å². The van der Waals surface area contributed by atoms with Gasteiger partial charge in [-0.2, -0.15) is 0 Å². The lowest BCUT2D eigenvalue weighted by molar-refractivity contribution is 0.0923. The van der Waals surface area contributed by atoms with Gasteiger partial charge in [0.25, 0.3) is 0 Å². The Labute approximate surface area is 128 Å². The Balaban J connectivity index is 2.36. The summed E-state index contributed by atoms with van der Waals surface area (Å²) < 4.78 is 19.2. The van der Waals surface area contributed by atoms with Crippen LogP contribution in [0.1, 0.15) is 39.5 Å². The predicted molar refractivity (Wildman–Crippen MR) is 75.8 cm³/mol. The maximum absolute atomic E-state index is 11.3. The van der Waals surface area contributed by atoms with Crippen LogP contribution >= 0.6 is 0 Å². The summed E-state index contributed by atoms with van der Waals surface area (Å²) in [5.41, 5.74) is 0. The van der Waals surface area contributed by atoms with Crippen LogP contribution in [0.4, 0.5) is 9.59 Å². The average Bonchev–Trinajstić information content (AvgIpc) is 2.50. The molecule has 8 nitrogen and oxygen atoms in total. The zero-order chi connectivity index (χ0) is 16.2. The number of rotatable bonds is 8. The molecule has 22 heavy (non-hydrogen) atoms. The minimum absolute atomic E-state index is 0.0480. The van der Waals surface area contributed by atoms with Crippen molar-refractivity contribution >= 4 is 12.3 Å². The second kappa shape index (κ2) is 10.4. The fraction of sp³-hybridized carbons (Fsp3) is 0.571. The lowest BCUT2D eigenvalue weighted by Crippen LogP contribution is -2.14. The first-order valence-electron chi connectivity index (χ1n) is 7.18. The third-order valence-corrected chi connectivity index (χ3v) is 2.43. The van der Waals surface area contributed by atoms with Gasteiger partial charge in [-0.15, -0.1) is 10.2 Å². The van der Waals surface area contributed by atoms with Gasteiger partial charge in [0.1, 0.15) is 0 Å². The van der Waals surface area contributed by atoms with Gasteiger partial charge in [0.05, 0.1) is 13.2 Å². The molecule has 0 radical (unpaired) electrons. The van der Waals surface area contributed by atoms with Gasteiger partial charge < -0.3 is 18.9 Å². The van der Waals surface area contributed by atoms with E-state index in [1.165, 1.54) is 12.1 Å². The van der Waals surface area contributed by atoms with Gasteiger partial charge in [-0.3, -0.25) is 0 Å². The molecular weight excluding hydrogens is 292 g/mol. The van der Waals surface area contributed by atoms with E-state index in [4.69, 9.17) is 18.9 Å². The maximum atomic E-state index is 11.3. The van der Waals surface area contributed by atoms with E-state index in [0.717, 1.165) is 25.7 Å². The van der Waals surface area contributed by atoms with Crippen LogP contribution in [0.5, 0.6) is 11.8 Å². The topological polar surface area (TPSA) is 96.8 Å². The monoisotopic (exact) mass is 312 g/mol. The minimum atomic E-state index is -0.851. The second-order valence-electron chi connectivity index (χ2n) is 4.32. The summed E-state index contributed by atoms with van der Waals surface area (Å²) in [7, 11) is 0. The number of hydrogen-bond donors (Lipinski definition) is 0. The average molecular weight is 312 g/mol. The zero-order valence-electron chi connectivity index (χ0n) is 12.7. The molecule has 0 aromatic carbocycles. The number of carbonyl (C=O) groups is 2. The molecule has 122 valence electrons. The van der Waals surface area contributed by atoms with Crippen molar-refractivity contribution in [3.63, 3.8) is 0 Å². The van der Waals surface area contributed by atoms with Gasteiger partial charge in [-0.05, 0) is 12.8 Å². The Morgan fingerprint density at radius 3 is 1.59 bits per heavy atom. The number of unbranched alkanes of at least 4 members (excludes halogenated alkanes) is 2. The quantitative estimate of drug-likeness (QED) is 0.533. The molecule has 0 amide bonds. The van der Waals surface area contributed by atoms with E-state index in [9.17, 15) is 9.59 Å². The molecule has 0 bridgehead atoms. The van der Waals surface area contributed by atoms with Gasteiger partial charge in [-0.25, -0.2) is 9.59 Å². The molecule has 0 atom stereocenters. The van der Waals surface area contributed by atoms with Crippen molar-refractivity contribution in [2.75, 3.05) is 13.2 Å². The summed E-state index contributed by atoms with van der Waals surface area (Å²) in [4.78, 5) is 22.6. The molecule has 0 aliphatic carbocycles. The van der Waals surface area contributed by atoms with Crippen molar-refractivity contribution in [3.05, 3.63) is 12.1 Å². The number of aromatic nitrogens is 2. The lowest BCUT2D eigenvalue weighted by atomic mass is 10.4. The molecule has 0 aliphatic rings. The SMILES string of the molecule is CCCCOC(=O)Oc1ccc(OC(=O)OCCCC)nn1. The van der Waals surface area contributed by atoms with Crippen molar-refractivity contribution in [1.82, 2.24) is 10.2 Å². The van der Waals surface area contributed by atoms with Crippen LogP contribution < -0.4 is 9.47 Å². The molecule has 0 saturated carbocycles. The molecule has 8 heteroatoms. The van der Waals surface area contributed by atoms with Crippen molar-refractivity contribution in [2.45, 2.75) is 39.5 Å². The molecular formula is C14H20N2O6. The molecule has 1 aromatic heterocycles. The fourth-order valence-corrected chi connectivity index (χ4v) is 1.25. The second-order valence-corrected chi connectivity index (χ2v) is 4.32.